The minimum Gasteiger partial charge on any atom is -0.468 e. The van der Waals surface area contributed by atoms with Gasteiger partial charge in [0.15, 0.2) is 0 Å². The highest BCUT2D eigenvalue weighted by molar-refractivity contribution is 7.97. The maximum atomic E-state index is 13.3. The molecule has 0 aliphatic carbocycles. The fourth-order valence-corrected chi connectivity index (χ4v) is 3.15. The molecule has 3 aromatic rings. The quantitative estimate of drug-likeness (QED) is 0.541. The second kappa shape index (κ2) is 7.67. The summed E-state index contributed by atoms with van der Waals surface area (Å²) in [6.45, 7) is 2.73. The summed E-state index contributed by atoms with van der Waals surface area (Å²) < 4.78 is 22.9. The zero-order valence-electron chi connectivity index (χ0n) is 14.0. The Bertz CT molecular complexity index is 893. The number of aryl methyl sites for hydroxylation is 1. The summed E-state index contributed by atoms with van der Waals surface area (Å²) in [5.74, 6) is 0.264. The Balaban J connectivity index is 1.69. The summed E-state index contributed by atoms with van der Waals surface area (Å²) in [6, 6.07) is 12.7. The van der Waals surface area contributed by atoms with Crippen molar-refractivity contribution in [1.82, 2.24) is 14.3 Å². The summed E-state index contributed by atoms with van der Waals surface area (Å²) in [4.78, 5) is 16.5. The van der Waals surface area contributed by atoms with Crippen molar-refractivity contribution in [2.75, 3.05) is 13.7 Å². The lowest BCUT2D eigenvalue weighted by molar-refractivity contribution is -0.139. The van der Waals surface area contributed by atoms with Crippen molar-refractivity contribution in [3.8, 4) is 0 Å². The van der Waals surface area contributed by atoms with Gasteiger partial charge in [0.1, 0.15) is 18.2 Å². The number of aromatic nitrogens is 2. The number of halogens is 1. The number of fused-ring (bicyclic) bond motifs is 1. The van der Waals surface area contributed by atoms with E-state index in [4.69, 9.17) is 0 Å². The normalized spacial score (nSPS) is 11.0. The molecule has 0 saturated carbocycles. The lowest BCUT2D eigenvalue weighted by Gasteiger charge is -2.08. The van der Waals surface area contributed by atoms with Crippen molar-refractivity contribution in [3.05, 3.63) is 59.7 Å². The van der Waals surface area contributed by atoms with Crippen LogP contribution in [-0.4, -0.2) is 29.2 Å². The summed E-state index contributed by atoms with van der Waals surface area (Å²) in [7, 11) is 1.36. The Hall–Kier alpha value is -2.38. The van der Waals surface area contributed by atoms with Gasteiger partial charge in [-0.25, -0.2) is 14.1 Å². The third kappa shape index (κ3) is 4.18. The molecular formula is C18H18FN3O2S. The molecule has 1 heterocycles. The van der Waals surface area contributed by atoms with Crippen LogP contribution in [0.4, 0.5) is 4.39 Å². The van der Waals surface area contributed by atoms with Gasteiger partial charge in [0, 0.05) is 17.5 Å². The zero-order valence-corrected chi connectivity index (χ0v) is 14.8. The zero-order chi connectivity index (χ0) is 17.8. The molecule has 5 nitrogen and oxygen atoms in total. The van der Waals surface area contributed by atoms with Gasteiger partial charge < -0.3 is 9.30 Å². The Labute approximate surface area is 149 Å². The molecule has 0 atom stereocenters. The average molecular weight is 359 g/mol. The molecule has 0 unspecified atom stereocenters. The molecule has 0 bridgehead atoms. The maximum absolute atomic E-state index is 13.3. The molecule has 130 valence electrons. The molecule has 1 aromatic heterocycles. The number of hydrogen-bond donors (Lipinski definition) is 1. The van der Waals surface area contributed by atoms with Crippen LogP contribution in [0.2, 0.25) is 0 Å². The van der Waals surface area contributed by atoms with E-state index >= 15 is 0 Å². The third-order valence-electron chi connectivity index (χ3n) is 3.80. The van der Waals surface area contributed by atoms with Gasteiger partial charge in [0.2, 0.25) is 0 Å². The Morgan fingerprint density at radius 2 is 2.04 bits per heavy atom. The monoisotopic (exact) mass is 359 g/mol. The number of carbonyl (C=O) groups is 1. The molecule has 3 rings (SSSR count). The van der Waals surface area contributed by atoms with Gasteiger partial charge in [-0.2, -0.15) is 0 Å². The van der Waals surface area contributed by atoms with E-state index < -0.39 is 0 Å². The molecule has 25 heavy (non-hydrogen) atoms. The van der Waals surface area contributed by atoms with Gasteiger partial charge in [0.25, 0.3) is 0 Å². The van der Waals surface area contributed by atoms with Crippen molar-refractivity contribution >= 4 is 29.0 Å². The van der Waals surface area contributed by atoms with Crippen LogP contribution < -0.4 is 4.72 Å². The number of methoxy groups -OCH3 is 1. The van der Waals surface area contributed by atoms with Crippen molar-refractivity contribution in [3.63, 3.8) is 0 Å². The highest BCUT2D eigenvalue weighted by Gasteiger charge is 2.09. The molecule has 2 aromatic carbocycles. The van der Waals surface area contributed by atoms with Gasteiger partial charge in [-0.15, -0.1) is 0 Å². The van der Waals surface area contributed by atoms with Crippen molar-refractivity contribution in [2.45, 2.75) is 18.4 Å². The SMILES string of the molecule is COC(=O)CNSc1ccc(Cn2c(C)nc3cc(F)ccc32)cc1. The van der Waals surface area contributed by atoms with Crippen molar-refractivity contribution in [2.24, 2.45) is 0 Å². The van der Waals surface area contributed by atoms with Crippen LogP contribution in [0.5, 0.6) is 0 Å². The van der Waals surface area contributed by atoms with E-state index in [1.807, 2.05) is 31.2 Å². The predicted molar refractivity (Wildman–Crippen MR) is 95.8 cm³/mol. The lowest BCUT2D eigenvalue weighted by atomic mass is 10.2. The number of hydrogen-bond acceptors (Lipinski definition) is 5. The Morgan fingerprint density at radius 1 is 1.28 bits per heavy atom. The van der Waals surface area contributed by atoms with Crippen LogP contribution in [0.25, 0.3) is 11.0 Å². The summed E-state index contributed by atoms with van der Waals surface area (Å²) in [5, 5.41) is 0. The van der Waals surface area contributed by atoms with E-state index in [1.54, 1.807) is 6.07 Å². The van der Waals surface area contributed by atoms with E-state index in [1.165, 1.54) is 31.2 Å². The first-order chi connectivity index (χ1) is 12.1. The second-order valence-corrected chi connectivity index (χ2v) is 6.49. The molecule has 7 heteroatoms. The number of nitrogens with zero attached hydrogens (tertiary/aromatic N) is 2. The average Bonchev–Trinajstić information content (AvgIpc) is 2.90. The molecule has 0 aliphatic rings. The topological polar surface area (TPSA) is 56.1 Å². The highest BCUT2D eigenvalue weighted by Crippen LogP contribution is 2.20. The third-order valence-corrected chi connectivity index (χ3v) is 4.60. The molecular weight excluding hydrogens is 341 g/mol. The predicted octanol–water partition coefficient (Wildman–Crippen LogP) is 3.30. The van der Waals surface area contributed by atoms with Crippen LogP contribution in [-0.2, 0) is 16.1 Å². The van der Waals surface area contributed by atoms with Gasteiger partial charge in [-0.05, 0) is 48.7 Å². The van der Waals surface area contributed by atoms with Gasteiger partial charge >= 0.3 is 5.97 Å². The fraction of sp³-hybridized carbons (Fsp3) is 0.222. The minimum absolute atomic E-state index is 0.152. The van der Waals surface area contributed by atoms with Crippen LogP contribution >= 0.6 is 11.9 Å². The van der Waals surface area contributed by atoms with E-state index in [0.717, 1.165) is 21.8 Å². The smallest absolute Gasteiger partial charge is 0.320 e. The Kier molecular flexibility index (Phi) is 5.35. The van der Waals surface area contributed by atoms with E-state index in [2.05, 4.69) is 19.0 Å². The first kappa shape index (κ1) is 17.4. The maximum Gasteiger partial charge on any atom is 0.320 e. The largest absolute Gasteiger partial charge is 0.468 e. The number of benzene rings is 2. The van der Waals surface area contributed by atoms with Crippen LogP contribution in [0, 0.1) is 12.7 Å². The van der Waals surface area contributed by atoms with Gasteiger partial charge in [0.05, 0.1) is 18.1 Å². The van der Waals surface area contributed by atoms with Gasteiger partial charge in [-0.3, -0.25) is 4.79 Å². The number of carbonyl (C=O) groups excluding carboxylic acids is 1. The molecule has 0 spiro atoms. The molecule has 0 saturated heterocycles. The van der Waals surface area contributed by atoms with Crippen molar-refractivity contribution in [1.29, 1.82) is 0 Å². The highest BCUT2D eigenvalue weighted by atomic mass is 32.2. The number of ether oxygens (including phenoxy) is 1. The van der Waals surface area contributed by atoms with Crippen LogP contribution in [0.15, 0.2) is 47.4 Å². The van der Waals surface area contributed by atoms with Crippen molar-refractivity contribution < 1.29 is 13.9 Å². The number of imidazole rings is 1. The molecule has 0 fully saturated rings. The van der Waals surface area contributed by atoms with E-state index in [-0.39, 0.29) is 18.3 Å². The first-order valence-electron chi connectivity index (χ1n) is 7.74. The molecule has 1 N–H and O–H groups in total. The van der Waals surface area contributed by atoms with E-state index in [9.17, 15) is 9.18 Å². The minimum atomic E-state index is -0.303. The lowest BCUT2D eigenvalue weighted by Crippen LogP contribution is -2.17. The Morgan fingerprint density at radius 3 is 2.76 bits per heavy atom. The standard InChI is InChI=1S/C18H18FN3O2S/c1-12-21-16-9-14(19)5-8-17(16)22(12)11-13-3-6-15(7-4-13)25-20-10-18(23)24-2/h3-9,20H,10-11H2,1-2H3. The summed E-state index contributed by atoms with van der Waals surface area (Å²) >= 11 is 1.38. The van der Waals surface area contributed by atoms with Crippen LogP contribution in [0.1, 0.15) is 11.4 Å². The molecule has 0 radical (unpaired) electrons. The molecule has 0 amide bonds. The molecule has 0 aliphatic heterocycles. The number of esters is 1. The van der Waals surface area contributed by atoms with Gasteiger partial charge in [-0.1, -0.05) is 12.1 Å². The summed E-state index contributed by atoms with van der Waals surface area (Å²) in [6.07, 6.45) is 0. The fourth-order valence-electron chi connectivity index (χ4n) is 2.52. The number of rotatable bonds is 6. The second-order valence-electron chi connectivity index (χ2n) is 5.52. The van der Waals surface area contributed by atoms with Crippen LogP contribution in [0.3, 0.4) is 0 Å². The number of nitrogens with one attached hydrogen (secondary N) is 1. The first-order valence-corrected chi connectivity index (χ1v) is 8.56. The summed E-state index contributed by atoms with van der Waals surface area (Å²) in [5.41, 5.74) is 2.69. The van der Waals surface area contributed by atoms with E-state index in [0.29, 0.717) is 12.1 Å².